The molecule has 3 aromatic heterocycles. The summed E-state index contributed by atoms with van der Waals surface area (Å²) in [5.74, 6) is 0.740. The van der Waals surface area contributed by atoms with Crippen molar-refractivity contribution in [1.82, 2.24) is 24.7 Å². The van der Waals surface area contributed by atoms with Gasteiger partial charge in [0, 0.05) is 30.2 Å². The molecule has 0 bridgehead atoms. The second-order valence-electron chi connectivity index (χ2n) is 5.78. The number of aromatic nitrogens is 4. The standard InChI is InChI=1S/C19H23N5O.C2H6/c1-4-6-9-25-18-10-15(12-24-8-7-21-19(18)24)17-11-16(22-13-23-17)14(3)20-5-2;1-2/h4,7-8,10-14,20H,1,5-6,9H2,2-3H3;1-2H3. The Labute approximate surface area is 161 Å². The molecule has 0 fully saturated rings. The highest BCUT2D eigenvalue weighted by atomic mass is 16.5. The molecule has 27 heavy (non-hydrogen) atoms. The van der Waals surface area contributed by atoms with E-state index >= 15 is 0 Å². The summed E-state index contributed by atoms with van der Waals surface area (Å²) in [6, 6.07) is 4.17. The van der Waals surface area contributed by atoms with Crippen molar-refractivity contribution in [2.75, 3.05) is 13.2 Å². The first-order valence-electron chi connectivity index (χ1n) is 9.49. The van der Waals surface area contributed by atoms with E-state index in [0.29, 0.717) is 6.61 Å². The van der Waals surface area contributed by atoms with Crippen molar-refractivity contribution in [2.45, 2.75) is 40.2 Å². The van der Waals surface area contributed by atoms with Crippen LogP contribution in [-0.2, 0) is 0 Å². The van der Waals surface area contributed by atoms with Gasteiger partial charge in [0.15, 0.2) is 11.4 Å². The fraction of sp³-hybridized carbons (Fsp3) is 0.381. The van der Waals surface area contributed by atoms with Crippen molar-refractivity contribution < 1.29 is 4.74 Å². The van der Waals surface area contributed by atoms with Crippen LogP contribution in [0.2, 0.25) is 0 Å². The highest BCUT2D eigenvalue weighted by Gasteiger charge is 2.12. The second kappa shape index (κ2) is 10.4. The zero-order chi connectivity index (χ0) is 19.6. The Morgan fingerprint density at radius 3 is 2.81 bits per heavy atom. The number of pyridine rings is 1. The Morgan fingerprint density at radius 1 is 1.26 bits per heavy atom. The van der Waals surface area contributed by atoms with Crippen molar-refractivity contribution >= 4 is 5.65 Å². The largest absolute Gasteiger partial charge is 0.489 e. The Kier molecular flexibility index (Phi) is 7.95. The summed E-state index contributed by atoms with van der Waals surface area (Å²) in [5, 5.41) is 3.37. The van der Waals surface area contributed by atoms with Gasteiger partial charge in [-0.15, -0.1) is 6.58 Å². The lowest BCUT2D eigenvalue weighted by Gasteiger charge is -2.13. The van der Waals surface area contributed by atoms with Gasteiger partial charge in [-0.2, -0.15) is 0 Å². The molecule has 0 saturated heterocycles. The molecule has 3 aromatic rings. The van der Waals surface area contributed by atoms with Crippen molar-refractivity contribution in [3.63, 3.8) is 0 Å². The number of hydrogen-bond donors (Lipinski definition) is 1. The van der Waals surface area contributed by atoms with E-state index in [9.17, 15) is 0 Å². The van der Waals surface area contributed by atoms with Crippen LogP contribution in [0.4, 0.5) is 0 Å². The lowest BCUT2D eigenvalue weighted by Crippen LogP contribution is -2.18. The summed E-state index contributed by atoms with van der Waals surface area (Å²) in [4.78, 5) is 13.2. The van der Waals surface area contributed by atoms with Crippen LogP contribution in [-0.4, -0.2) is 32.5 Å². The maximum absolute atomic E-state index is 5.89. The van der Waals surface area contributed by atoms with Crippen molar-refractivity contribution in [1.29, 1.82) is 0 Å². The average molecular weight is 367 g/mol. The van der Waals surface area contributed by atoms with E-state index in [-0.39, 0.29) is 6.04 Å². The monoisotopic (exact) mass is 367 g/mol. The van der Waals surface area contributed by atoms with Crippen LogP contribution < -0.4 is 10.1 Å². The minimum atomic E-state index is 0.173. The number of ether oxygens (including phenoxy) is 1. The molecule has 0 saturated carbocycles. The molecule has 0 aliphatic rings. The summed E-state index contributed by atoms with van der Waals surface area (Å²) in [6.45, 7) is 13.4. The number of fused-ring (bicyclic) bond motifs is 1. The highest BCUT2D eigenvalue weighted by Crippen LogP contribution is 2.27. The normalized spacial score (nSPS) is 11.6. The van der Waals surface area contributed by atoms with Gasteiger partial charge in [0.05, 0.1) is 18.0 Å². The van der Waals surface area contributed by atoms with E-state index in [1.807, 2.05) is 48.9 Å². The van der Waals surface area contributed by atoms with Crippen molar-refractivity contribution in [3.8, 4) is 17.0 Å². The Morgan fingerprint density at radius 2 is 2.07 bits per heavy atom. The second-order valence-corrected chi connectivity index (χ2v) is 5.78. The fourth-order valence-electron chi connectivity index (χ4n) is 2.68. The average Bonchev–Trinajstić information content (AvgIpc) is 3.19. The number of nitrogens with one attached hydrogen (secondary N) is 1. The molecule has 0 radical (unpaired) electrons. The molecule has 1 atom stereocenters. The van der Waals surface area contributed by atoms with Crippen LogP contribution in [0.25, 0.3) is 16.9 Å². The molecule has 0 aliphatic carbocycles. The summed E-state index contributed by atoms with van der Waals surface area (Å²) in [5.41, 5.74) is 3.58. The van der Waals surface area contributed by atoms with Gasteiger partial charge >= 0.3 is 0 Å². The van der Waals surface area contributed by atoms with Crippen molar-refractivity contribution in [3.05, 3.63) is 55.4 Å². The molecular formula is C21H29N5O. The van der Waals surface area contributed by atoms with E-state index in [4.69, 9.17) is 4.74 Å². The summed E-state index contributed by atoms with van der Waals surface area (Å²) in [7, 11) is 0. The molecule has 3 heterocycles. The molecule has 0 aromatic carbocycles. The van der Waals surface area contributed by atoms with Crippen LogP contribution in [0, 0.1) is 0 Å². The lowest BCUT2D eigenvalue weighted by molar-refractivity contribution is 0.327. The van der Waals surface area contributed by atoms with Crippen LogP contribution in [0.1, 0.15) is 45.9 Å². The molecule has 0 amide bonds. The molecule has 1 N–H and O–H groups in total. The van der Waals surface area contributed by atoms with E-state index < -0.39 is 0 Å². The van der Waals surface area contributed by atoms with Crippen LogP contribution in [0.15, 0.2) is 49.7 Å². The predicted molar refractivity (Wildman–Crippen MR) is 110 cm³/mol. The smallest absolute Gasteiger partial charge is 0.179 e. The number of rotatable bonds is 8. The van der Waals surface area contributed by atoms with Gasteiger partial charge in [0.2, 0.25) is 0 Å². The molecule has 3 rings (SSSR count). The van der Waals surface area contributed by atoms with Crippen LogP contribution in [0.5, 0.6) is 5.75 Å². The molecule has 0 aliphatic heterocycles. The van der Waals surface area contributed by atoms with Crippen LogP contribution in [0.3, 0.4) is 0 Å². The van der Waals surface area contributed by atoms with Gasteiger partial charge < -0.3 is 14.5 Å². The SMILES string of the molecule is C=CCCOc1cc(-c2cc(C(C)NCC)ncn2)cn2ccnc12.CC. The maximum Gasteiger partial charge on any atom is 0.179 e. The van der Waals surface area contributed by atoms with Gasteiger partial charge in [-0.1, -0.05) is 26.8 Å². The molecule has 6 nitrogen and oxygen atoms in total. The minimum Gasteiger partial charge on any atom is -0.489 e. The van der Waals surface area contributed by atoms with Gasteiger partial charge in [-0.05, 0) is 32.0 Å². The third-order valence-electron chi connectivity index (χ3n) is 3.97. The Bertz CT molecular complexity index is 859. The van der Waals surface area contributed by atoms with Gasteiger partial charge in [0.1, 0.15) is 6.33 Å². The molecule has 6 heteroatoms. The molecule has 0 spiro atoms. The predicted octanol–water partition coefficient (Wildman–Crippen LogP) is 4.44. The molecule has 144 valence electrons. The van der Waals surface area contributed by atoms with Gasteiger partial charge in [0.25, 0.3) is 0 Å². The minimum absolute atomic E-state index is 0.173. The number of nitrogens with zero attached hydrogens (tertiary/aromatic N) is 4. The summed E-state index contributed by atoms with van der Waals surface area (Å²) in [6.07, 6.45) is 9.91. The topological polar surface area (TPSA) is 64.3 Å². The van der Waals surface area contributed by atoms with Gasteiger partial charge in [-0.3, -0.25) is 0 Å². The number of hydrogen-bond acceptors (Lipinski definition) is 5. The van der Waals surface area contributed by atoms with E-state index in [0.717, 1.165) is 41.3 Å². The first kappa shape index (κ1) is 20.6. The Hall–Kier alpha value is -2.73. The van der Waals surface area contributed by atoms with Gasteiger partial charge in [-0.25, -0.2) is 15.0 Å². The Balaban J connectivity index is 0.00000126. The maximum atomic E-state index is 5.89. The van der Waals surface area contributed by atoms with Crippen molar-refractivity contribution in [2.24, 2.45) is 0 Å². The number of imidazole rings is 1. The zero-order valence-corrected chi connectivity index (χ0v) is 16.6. The zero-order valence-electron chi connectivity index (χ0n) is 16.6. The molecular weight excluding hydrogens is 338 g/mol. The first-order valence-corrected chi connectivity index (χ1v) is 9.49. The summed E-state index contributed by atoms with van der Waals surface area (Å²) < 4.78 is 7.84. The van der Waals surface area contributed by atoms with E-state index in [1.54, 1.807) is 12.5 Å². The molecule has 1 unspecified atom stereocenters. The fourth-order valence-corrected chi connectivity index (χ4v) is 2.68. The third-order valence-corrected chi connectivity index (χ3v) is 3.97. The van der Waals surface area contributed by atoms with Crippen LogP contribution >= 0.6 is 0 Å². The lowest BCUT2D eigenvalue weighted by atomic mass is 10.1. The van der Waals surface area contributed by atoms with E-state index in [1.165, 1.54) is 0 Å². The quantitative estimate of drug-likeness (QED) is 0.471. The third kappa shape index (κ3) is 5.14. The highest BCUT2D eigenvalue weighted by molar-refractivity contribution is 5.67. The first-order chi connectivity index (χ1) is 13.2. The van der Waals surface area contributed by atoms with E-state index in [2.05, 4.69) is 40.7 Å². The summed E-state index contributed by atoms with van der Waals surface area (Å²) >= 11 is 0.